The first-order valence-electron chi connectivity index (χ1n) is 6.34. The van der Waals surface area contributed by atoms with E-state index in [1.165, 1.54) is 12.1 Å². The number of carbonyl (C=O) groups excluding carboxylic acids is 1. The molecular weight excluding hydrogens is 230 g/mol. The summed E-state index contributed by atoms with van der Waals surface area (Å²) >= 11 is 0. The van der Waals surface area contributed by atoms with Crippen molar-refractivity contribution < 1.29 is 15.0 Å². The molecule has 0 aromatic heterocycles. The molecule has 1 aliphatic carbocycles. The molecule has 1 aliphatic rings. The van der Waals surface area contributed by atoms with E-state index in [9.17, 15) is 15.0 Å². The van der Waals surface area contributed by atoms with Crippen LogP contribution in [0.4, 0.5) is 0 Å². The fourth-order valence-electron chi connectivity index (χ4n) is 2.54. The summed E-state index contributed by atoms with van der Waals surface area (Å²) in [4.78, 5) is 13.8. The van der Waals surface area contributed by atoms with E-state index in [0.29, 0.717) is 5.56 Å². The maximum Gasteiger partial charge on any atom is 0.254 e. The van der Waals surface area contributed by atoms with E-state index < -0.39 is 6.10 Å². The van der Waals surface area contributed by atoms with Gasteiger partial charge in [-0.3, -0.25) is 4.79 Å². The minimum absolute atomic E-state index is 0.0819. The Morgan fingerprint density at radius 1 is 1.33 bits per heavy atom. The predicted octanol–water partition coefficient (Wildman–Crippen LogP) is 1.77. The van der Waals surface area contributed by atoms with Crippen LogP contribution < -0.4 is 0 Å². The van der Waals surface area contributed by atoms with Crippen molar-refractivity contribution in [1.82, 2.24) is 4.90 Å². The van der Waals surface area contributed by atoms with Gasteiger partial charge in [-0.15, -0.1) is 0 Å². The quantitative estimate of drug-likeness (QED) is 0.839. The molecule has 1 saturated carbocycles. The Kier molecular flexibility index (Phi) is 3.87. The Balaban J connectivity index is 2.13. The fraction of sp³-hybridized carbons (Fsp3) is 0.500. The van der Waals surface area contributed by atoms with E-state index in [4.69, 9.17) is 0 Å². The summed E-state index contributed by atoms with van der Waals surface area (Å²) in [7, 11) is 1.71. The third kappa shape index (κ3) is 2.64. The second-order valence-electron chi connectivity index (χ2n) is 4.89. The van der Waals surface area contributed by atoms with Crippen molar-refractivity contribution in [3.8, 4) is 5.75 Å². The predicted molar refractivity (Wildman–Crippen MR) is 68.5 cm³/mol. The number of phenolic OH excluding ortho intramolecular Hbond substituents is 1. The lowest BCUT2D eigenvalue weighted by atomic mass is 9.91. The number of aliphatic hydroxyl groups excluding tert-OH is 1. The number of nitrogens with zero attached hydrogens (tertiary/aromatic N) is 1. The number of amides is 1. The van der Waals surface area contributed by atoms with Crippen LogP contribution >= 0.6 is 0 Å². The molecule has 2 rings (SSSR count). The lowest BCUT2D eigenvalue weighted by molar-refractivity contribution is 0.0268. The third-order valence-electron chi connectivity index (χ3n) is 3.60. The van der Waals surface area contributed by atoms with Crippen molar-refractivity contribution in [2.24, 2.45) is 0 Å². The van der Waals surface area contributed by atoms with Crippen molar-refractivity contribution in [3.05, 3.63) is 29.8 Å². The molecule has 0 heterocycles. The first-order chi connectivity index (χ1) is 8.59. The molecule has 1 amide bonds. The summed E-state index contributed by atoms with van der Waals surface area (Å²) in [6, 6.07) is 6.19. The smallest absolute Gasteiger partial charge is 0.254 e. The second-order valence-corrected chi connectivity index (χ2v) is 4.89. The number of benzene rings is 1. The van der Waals surface area contributed by atoms with Crippen LogP contribution in [0.1, 0.15) is 36.0 Å². The monoisotopic (exact) mass is 249 g/mol. The molecule has 1 aromatic rings. The first kappa shape index (κ1) is 12.9. The Morgan fingerprint density at radius 2 is 2.06 bits per heavy atom. The van der Waals surface area contributed by atoms with E-state index in [2.05, 4.69) is 0 Å². The lowest BCUT2D eigenvalue weighted by Gasteiger charge is -2.35. The molecule has 18 heavy (non-hydrogen) atoms. The van der Waals surface area contributed by atoms with Gasteiger partial charge >= 0.3 is 0 Å². The summed E-state index contributed by atoms with van der Waals surface area (Å²) in [5, 5.41) is 19.3. The number of aliphatic hydroxyl groups is 1. The van der Waals surface area contributed by atoms with Crippen LogP contribution in [0.15, 0.2) is 24.3 Å². The van der Waals surface area contributed by atoms with Crippen LogP contribution in [-0.4, -0.2) is 40.2 Å². The van der Waals surface area contributed by atoms with Crippen molar-refractivity contribution >= 4 is 5.91 Å². The number of carbonyl (C=O) groups is 1. The zero-order chi connectivity index (χ0) is 13.1. The minimum Gasteiger partial charge on any atom is -0.508 e. The normalized spacial score (nSPS) is 23.7. The van der Waals surface area contributed by atoms with Gasteiger partial charge in [0.15, 0.2) is 0 Å². The average molecular weight is 249 g/mol. The van der Waals surface area contributed by atoms with Crippen LogP contribution in [0, 0.1) is 0 Å². The number of likely N-dealkylation sites (N-methyl/N-ethyl adjacent to an activating group) is 1. The Labute approximate surface area is 107 Å². The van der Waals surface area contributed by atoms with Crippen molar-refractivity contribution in [1.29, 1.82) is 0 Å². The molecule has 4 nitrogen and oxygen atoms in total. The van der Waals surface area contributed by atoms with Crippen LogP contribution in [0.25, 0.3) is 0 Å². The highest BCUT2D eigenvalue weighted by molar-refractivity contribution is 5.94. The van der Waals surface area contributed by atoms with Gasteiger partial charge in [-0.1, -0.05) is 18.9 Å². The zero-order valence-electron chi connectivity index (χ0n) is 10.5. The van der Waals surface area contributed by atoms with E-state index in [1.807, 2.05) is 0 Å². The van der Waals surface area contributed by atoms with Gasteiger partial charge in [-0.2, -0.15) is 0 Å². The summed E-state index contributed by atoms with van der Waals surface area (Å²) in [6.07, 6.45) is 3.21. The molecule has 2 N–H and O–H groups in total. The molecule has 2 unspecified atom stereocenters. The van der Waals surface area contributed by atoms with E-state index in [-0.39, 0.29) is 17.7 Å². The largest absolute Gasteiger partial charge is 0.508 e. The molecule has 4 heteroatoms. The zero-order valence-corrected chi connectivity index (χ0v) is 10.5. The minimum atomic E-state index is -0.440. The SMILES string of the molecule is CN(C(=O)c1cccc(O)c1)C1CCCCC1O. The molecule has 1 aromatic carbocycles. The average Bonchev–Trinajstić information content (AvgIpc) is 2.37. The van der Waals surface area contributed by atoms with Gasteiger partial charge in [0.25, 0.3) is 5.91 Å². The topological polar surface area (TPSA) is 60.8 Å². The molecule has 0 saturated heterocycles. The van der Waals surface area contributed by atoms with Crippen LogP contribution in [0.2, 0.25) is 0 Å². The molecule has 0 aliphatic heterocycles. The van der Waals surface area contributed by atoms with Crippen LogP contribution in [-0.2, 0) is 0 Å². The summed E-state index contributed by atoms with van der Waals surface area (Å²) in [6.45, 7) is 0. The second kappa shape index (κ2) is 5.40. The standard InChI is InChI=1S/C14H19NO3/c1-15(12-7-2-3-8-13(12)17)14(18)10-5-4-6-11(16)9-10/h4-6,9,12-13,16-17H,2-3,7-8H2,1H3. The van der Waals surface area contributed by atoms with Gasteiger partial charge in [-0.25, -0.2) is 0 Å². The highest BCUT2D eigenvalue weighted by atomic mass is 16.3. The van der Waals surface area contributed by atoms with Gasteiger partial charge in [0.05, 0.1) is 12.1 Å². The molecule has 0 bridgehead atoms. The Bertz CT molecular complexity index is 433. The maximum atomic E-state index is 12.2. The number of phenols is 1. The van der Waals surface area contributed by atoms with Crippen molar-refractivity contribution in [3.63, 3.8) is 0 Å². The summed E-state index contributed by atoms with van der Waals surface area (Å²) < 4.78 is 0. The number of rotatable bonds is 2. The molecule has 98 valence electrons. The Hall–Kier alpha value is -1.55. The summed E-state index contributed by atoms with van der Waals surface area (Å²) in [5.74, 6) is -0.0738. The highest BCUT2D eigenvalue weighted by Gasteiger charge is 2.29. The van der Waals surface area contributed by atoms with E-state index in [0.717, 1.165) is 25.7 Å². The van der Waals surface area contributed by atoms with Crippen LogP contribution in [0.3, 0.4) is 0 Å². The maximum absolute atomic E-state index is 12.2. The molecule has 0 radical (unpaired) electrons. The lowest BCUT2D eigenvalue weighted by Crippen LogP contribution is -2.46. The first-order valence-corrected chi connectivity index (χ1v) is 6.34. The van der Waals surface area contributed by atoms with Crippen molar-refractivity contribution in [2.75, 3.05) is 7.05 Å². The molecular formula is C14H19NO3. The third-order valence-corrected chi connectivity index (χ3v) is 3.60. The van der Waals surface area contributed by atoms with Gasteiger partial charge in [-0.05, 0) is 31.0 Å². The van der Waals surface area contributed by atoms with Crippen LogP contribution in [0.5, 0.6) is 5.75 Å². The van der Waals surface area contributed by atoms with Gasteiger partial charge in [0.1, 0.15) is 5.75 Å². The van der Waals surface area contributed by atoms with Gasteiger partial charge in [0, 0.05) is 12.6 Å². The number of aromatic hydroxyl groups is 1. The van der Waals surface area contributed by atoms with E-state index >= 15 is 0 Å². The van der Waals surface area contributed by atoms with Crippen molar-refractivity contribution in [2.45, 2.75) is 37.8 Å². The molecule has 0 spiro atoms. The molecule has 2 atom stereocenters. The van der Waals surface area contributed by atoms with E-state index in [1.54, 1.807) is 24.1 Å². The van der Waals surface area contributed by atoms with Gasteiger partial charge < -0.3 is 15.1 Å². The van der Waals surface area contributed by atoms with Gasteiger partial charge in [0.2, 0.25) is 0 Å². The fourth-order valence-corrected chi connectivity index (χ4v) is 2.54. The summed E-state index contributed by atoms with van der Waals surface area (Å²) in [5.41, 5.74) is 0.454. The number of hydrogen-bond donors (Lipinski definition) is 2. The number of hydrogen-bond acceptors (Lipinski definition) is 3. The molecule has 1 fully saturated rings. The highest BCUT2D eigenvalue weighted by Crippen LogP contribution is 2.24. The Morgan fingerprint density at radius 3 is 2.72 bits per heavy atom.